The highest BCUT2D eigenvalue weighted by atomic mass is 16.2. The molecule has 0 aliphatic rings. The molecule has 2 aromatic carbocycles. The molecular weight excluding hydrogens is 344 g/mol. The quantitative estimate of drug-likeness (QED) is 0.475. The molecule has 27 heavy (non-hydrogen) atoms. The molecule has 0 saturated heterocycles. The summed E-state index contributed by atoms with van der Waals surface area (Å²) in [5, 5.41) is 7.15. The first-order valence-electron chi connectivity index (χ1n) is 8.32. The lowest BCUT2D eigenvalue weighted by Crippen LogP contribution is -2.35. The molecule has 0 saturated carbocycles. The highest BCUT2D eigenvalue weighted by molar-refractivity contribution is 5.96. The van der Waals surface area contributed by atoms with Crippen LogP contribution >= 0.6 is 0 Å². The van der Waals surface area contributed by atoms with Crippen LogP contribution in [-0.2, 0) is 4.79 Å². The van der Waals surface area contributed by atoms with Gasteiger partial charge in [0.15, 0.2) is 0 Å². The lowest BCUT2D eigenvalue weighted by molar-refractivity contribution is -0.120. The van der Waals surface area contributed by atoms with Gasteiger partial charge in [-0.2, -0.15) is 5.10 Å². The van der Waals surface area contributed by atoms with Crippen molar-refractivity contribution in [2.24, 2.45) is 5.10 Å². The number of fused-ring (bicyclic) bond motifs is 1. The van der Waals surface area contributed by atoms with Crippen LogP contribution in [0.25, 0.3) is 10.9 Å². The number of H-pyrrole nitrogens is 1. The third-order valence-corrected chi connectivity index (χ3v) is 3.86. The molecule has 7 heteroatoms. The lowest BCUT2D eigenvalue weighted by atomic mass is 10.1. The van der Waals surface area contributed by atoms with Crippen LogP contribution in [0.3, 0.4) is 0 Å². The first kappa shape index (κ1) is 18.1. The summed E-state index contributed by atoms with van der Waals surface area (Å²) in [6.45, 7) is 1.66. The number of nitrogens with zero attached hydrogens (tertiary/aromatic N) is 1. The number of nitrogens with one attached hydrogen (secondary N) is 3. The number of hydrogen-bond acceptors (Lipinski definition) is 4. The van der Waals surface area contributed by atoms with Crippen LogP contribution in [-0.4, -0.2) is 29.6 Å². The van der Waals surface area contributed by atoms with Crippen LogP contribution in [0.1, 0.15) is 21.5 Å². The van der Waals surface area contributed by atoms with Crippen molar-refractivity contribution in [1.29, 1.82) is 0 Å². The highest BCUT2D eigenvalue weighted by Gasteiger charge is 2.07. The van der Waals surface area contributed by atoms with Gasteiger partial charge in [-0.3, -0.25) is 14.4 Å². The minimum atomic E-state index is -0.496. The molecule has 3 rings (SSSR count). The van der Waals surface area contributed by atoms with Crippen molar-refractivity contribution < 1.29 is 9.59 Å². The molecule has 0 unspecified atom stereocenters. The first-order chi connectivity index (χ1) is 13.0. The lowest BCUT2D eigenvalue weighted by Gasteiger charge is -2.05. The van der Waals surface area contributed by atoms with E-state index in [1.165, 1.54) is 6.21 Å². The molecular formula is C20H18N4O3. The van der Waals surface area contributed by atoms with Gasteiger partial charge in [-0.05, 0) is 36.6 Å². The van der Waals surface area contributed by atoms with Gasteiger partial charge in [-0.25, -0.2) is 5.43 Å². The minimum absolute atomic E-state index is 0.224. The Hall–Kier alpha value is -3.74. The molecule has 2 amide bonds. The van der Waals surface area contributed by atoms with Gasteiger partial charge in [0.05, 0.1) is 18.3 Å². The molecule has 0 atom stereocenters. The summed E-state index contributed by atoms with van der Waals surface area (Å²) in [5.41, 5.74) is 4.46. The summed E-state index contributed by atoms with van der Waals surface area (Å²) < 4.78 is 0. The van der Waals surface area contributed by atoms with E-state index < -0.39 is 5.91 Å². The topological polar surface area (TPSA) is 103 Å². The Bertz CT molecular complexity index is 1090. The number of aromatic amines is 1. The Morgan fingerprint density at radius 1 is 1.11 bits per heavy atom. The van der Waals surface area contributed by atoms with E-state index in [-0.39, 0.29) is 18.0 Å². The Morgan fingerprint density at radius 2 is 1.93 bits per heavy atom. The van der Waals surface area contributed by atoms with Gasteiger partial charge >= 0.3 is 0 Å². The van der Waals surface area contributed by atoms with E-state index in [1.807, 2.05) is 31.2 Å². The van der Waals surface area contributed by atoms with Gasteiger partial charge in [0.1, 0.15) is 0 Å². The number of para-hydroxylation sites is 1. The van der Waals surface area contributed by atoms with Crippen molar-refractivity contribution in [3.63, 3.8) is 0 Å². The monoisotopic (exact) mass is 362 g/mol. The fourth-order valence-electron chi connectivity index (χ4n) is 2.52. The molecule has 0 aliphatic heterocycles. The molecule has 0 aliphatic carbocycles. The second-order valence-corrected chi connectivity index (χ2v) is 5.99. The van der Waals surface area contributed by atoms with Gasteiger partial charge in [-0.1, -0.05) is 35.9 Å². The number of amides is 2. The Labute approximate surface area is 155 Å². The first-order valence-corrected chi connectivity index (χ1v) is 8.32. The third-order valence-electron chi connectivity index (χ3n) is 3.86. The zero-order valence-corrected chi connectivity index (χ0v) is 14.7. The largest absolute Gasteiger partial charge is 0.343 e. The normalized spacial score (nSPS) is 10.9. The molecule has 7 nitrogen and oxygen atoms in total. The van der Waals surface area contributed by atoms with Crippen molar-refractivity contribution in [2.45, 2.75) is 6.92 Å². The number of aromatic nitrogens is 1. The van der Waals surface area contributed by atoms with Crippen molar-refractivity contribution in [1.82, 2.24) is 15.7 Å². The van der Waals surface area contributed by atoms with E-state index in [9.17, 15) is 14.4 Å². The molecule has 0 bridgehead atoms. The summed E-state index contributed by atoms with van der Waals surface area (Å²) in [4.78, 5) is 38.5. The van der Waals surface area contributed by atoms with Crippen LogP contribution < -0.4 is 16.3 Å². The molecule has 1 aromatic heterocycles. The molecule has 1 heterocycles. The zero-order chi connectivity index (χ0) is 19.2. The van der Waals surface area contributed by atoms with Gasteiger partial charge in [-0.15, -0.1) is 0 Å². The van der Waals surface area contributed by atoms with Crippen molar-refractivity contribution in [2.75, 3.05) is 6.54 Å². The number of aryl methyl sites for hydroxylation is 1. The number of rotatable bonds is 5. The van der Waals surface area contributed by atoms with Crippen molar-refractivity contribution in [3.8, 4) is 0 Å². The number of hydrogen-bond donors (Lipinski definition) is 3. The van der Waals surface area contributed by atoms with E-state index in [0.29, 0.717) is 11.1 Å². The second kappa shape index (κ2) is 8.09. The summed E-state index contributed by atoms with van der Waals surface area (Å²) in [6.07, 6.45) is 1.27. The fraction of sp³-hybridized carbons (Fsp3) is 0.100. The Balaban J connectivity index is 1.57. The van der Waals surface area contributed by atoms with Crippen LogP contribution in [0.15, 0.2) is 64.5 Å². The molecule has 0 fully saturated rings. The number of carbonyl (C=O) groups excluding carboxylic acids is 2. The average Bonchev–Trinajstić information content (AvgIpc) is 2.66. The third kappa shape index (κ3) is 4.66. The van der Waals surface area contributed by atoms with Gasteiger partial charge in [0, 0.05) is 11.1 Å². The van der Waals surface area contributed by atoms with Gasteiger partial charge < -0.3 is 10.3 Å². The summed E-state index contributed by atoms with van der Waals surface area (Å²) >= 11 is 0. The summed E-state index contributed by atoms with van der Waals surface area (Å²) in [7, 11) is 0. The van der Waals surface area contributed by atoms with Crippen molar-refractivity contribution in [3.05, 3.63) is 81.6 Å². The molecule has 3 N–H and O–H groups in total. The number of pyridine rings is 1. The smallest absolute Gasteiger partial charge is 0.259 e. The van der Waals surface area contributed by atoms with Crippen LogP contribution in [0.4, 0.5) is 0 Å². The Morgan fingerprint density at radius 3 is 2.74 bits per heavy atom. The van der Waals surface area contributed by atoms with Crippen molar-refractivity contribution >= 4 is 28.9 Å². The predicted octanol–water partition coefficient (Wildman–Crippen LogP) is 1.72. The maximum atomic E-state index is 12.0. The van der Waals surface area contributed by atoms with Gasteiger partial charge in [0.25, 0.3) is 17.4 Å². The van der Waals surface area contributed by atoms with E-state index in [1.54, 1.807) is 30.3 Å². The summed E-state index contributed by atoms with van der Waals surface area (Å²) in [5.74, 6) is -0.840. The second-order valence-electron chi connectivity index (χ2n) is 5.99. The molecule has 136 valence electrons. The maximum absolute atomic E-state index is 12.0. The standard InChI is InChI=1S/C20H18N4O3/c1-13-5-4-7-15(9-13)19(26)21-12-18(25)24-22-11-16-10-14-6-2-3-8-17(14)23-20(16)27/h2-11H,12H2,1H3,(H,21,26)(H,23,27)(H,24,25). The van der Waals surface area contributed by atoms with E-state index in [0.717, 1.165) is 16.5 Å². The van der Waals surface area contributed by atoms with Crippen LogP contribution in [0.2, 0.25) is 0 Å². The number of carbonyl (C=O) groups is 2. The fourth-order valence-corrected chi connectivity index (χ4v) is 2.52. The van der Waals surface area contributed by atoms with Crippen LogP contribution in [0.5, 0.6) is 0 Å². The average molecular weight is 362 g/mol. The zero-order valence-electron chi connectivity index (χ0n) is 14.7. The molecule has 3 aromatic rings. The molecule has 0 spiro atoms. The summed E-state index contributed by atoms with van der Waals surface area (Å²) in [6, 6.07) is 16.1. The predicted molar refractivity (Wildman–Crippen MR) is 104 cm³/mol. The van der Waals surface area contributed by atoms with E-state index >= 15 is 0 Å². The number of hydrazone groups is 1. The van der Waals surface area contributed by atoms with E-state index in [4.69, 9.17) is 0 Å². The highest BCUT2D eigenvalue weighted by Crippen LogP contribution is 2.09. The SMILES string of the molecule is Cc1cccc(C(=O)NCC(=O)NN=Cc2cc3ccccc3[nH]c2=O)c1. The molecule has 0 radical (unpaired) electrons. The van der Waals surface area contributed by atoms with E-state index in [2.05, 4.69) is 20.8 Å². The Kier molecular flexibility index (Phi) is 5.41. The van der Waals surface area contributed by atoms with Crippen LogP contribution in [0, 0.1) is 6.92 Å². The number of benzene rings is 2. The van der Waals surface area contributed by atoms with Gasteiger partial charge in [0.2, 0.25) is 0 Å². The maximum Gasteiger partial charge on any atom is 0.259 e. The minimum Gasteiger partial charge on any atom is -0.343 e.